The van der Waals surface area contributed by atoms with Crippen LogP contribution in [-0.2, 0) is 0 Å². The van der Waals surface area contributed by atoms with Gasteiger partial charge in [-0.1, -0.05) is 34.1 Å². The van der Waals surface area contributed by atoms with Crippen molar-refractivity contribution < 1.29 is 0 Å². The van der Waals surface area contributed by atoms with Crippen LogP contribution < -0.4 is 0 Å². The van der Waals surface area contributed by atoms with E-state index in [1.54, 1.807) is 0 Å². The minimum absolute atomic E-state index is 0.356. The fourth-order valence-electron chi connectivity index (χ4n) is 0.655. The Hall–Kier alpha value is 0. The zero-order valence-corrected chi connectivity index (χ0v) is 6.20. The molecule has 0 bridgehead atoms. The normalized spacial score (nSPS) is 12.0. The third-order valence-corrected chi connectivity index (χ3v) is 1.40. The van der Waals surface area contributed by atoms with Gasteiger partial charge in [-0.25, -0.2) is 0 Å². The molecular formula is C8H16. The molecule has 0 amide bonds. The van der Waals surface area contributed by atoms with Crippen molar-refractivity contribution >= 4 is 0 Å². The highest BCUT2D eigenvalue weighted by Crippen LogP contribution is 2.23. The highest BCUT2D eigenvalue weighted by Gasteiger charge is 2.12. The summed E-state index contributed by atoms with van der Waals surface area (Å²) in [5.74, 6) is 0. The second-order valence-electron chi connectivity index (χ2n) is 2.85. The maximum absolute atomic E-state index is 3.84. The van der Waals surface area contributed by atoms with Gasteiger partial charge in [-0.2, -0.15) is 0 Å². The Morgan fingerprint density at radius 1 is 1.50 bits per heavy atom. The molecule has 48 valence electrons. The van der Waals surface area contributed by atoms with Gasteiger partial charge in [0.05, 0.1) is 0 Å². The van der Waals surface area contributed by atoms with E-state index in [-0.39, 0.29) is 0 Å². The van der Waals surface area contributed by atoms with E-state index in [2.05, 4.69) is 34.1 Å². The van der Waals surface area contributed by atoms with Crippen LogP contribution in [0.1, 0.15) is 33.6 Å². The topological polar surface area (TPSA) is 0 Å². The Labute approximate surface area is 53.3 Å². The van der Waals surface area contributed by atoms with Gasteiger partial charge in [0.2, 0.25) is 0 Å². The monoisotopic (exact) mass is 112 g/mol. The van der Waals surface area contributed by atoms with E-state index in [1.165, 1.54) is 0 Å². The van der Waals surface area contributed by atoms with Gasteiger partial charge in [-0.05, 0) is 18.3 Å². The van der Waals surface area contributed by atoms with E-state index in [1.807, 2.05) is 0 Å². The van der Waals surface area contributed by atoms with E-state index in [0.717, 1.165) is 12.8 Å². The lowest BCUT2D eigenvalue weighted by atomic mass is 9.86. The summed E-state index contributed by atoms with van der Waals surface area (Å²) in [7, 11) is 0. The van der Waals surface area contributed by atoms with Crippen molar-refractivity contribution in [3.63, 3.8) is 0 Å². The van der Waals surface area contributed by atoms with Crippen LogP contribution in [0, 0.1) is 18.8 Å². The van der Waals surface area contributed by atoms with Gasteiger partial charge in [0, 0.05) is 0 Å². The Morgan fingerprint density at radius 2 is 2.00 bits per heavy atom. The average Bonchev–Trinajstić information content (AvgIpc) is 1.67. The van der Waals surface area contributed by atoms with Crippen LogP contribution >= 0.6 is 0 Å². The van der Waals surface area contributed by atoms with Crippen LogP contribution in [0.5, 0.6) is 0 Å². The lowest BCUT2D eigenvalue weighted by molar-refractivity contribution is 0.430. The molecule has 0 N–H and O–H groups in total. The van der Waals surface area contributed by atoms with E-state index in [0.29, 0.717) is 5.41 Å². The molecule has 8 heavy (non-hydrogen) atoms. The first-order valence-electron chi connectivity index (χ1n) is 3.26. The van der Waals surface area contributed by atoms with Crippen molar-refractivity contribution in [1.82, 2.24) is 0 Å². The lowest BCUT2D eigenvalue weighted by Crippen LogP contribution is -2.08. The van der Waals surface area contributed by atoms with Gasteiger partial charge < -0.3 is 0 Å². The molecule has 0 atom stereocenters. The minimum Gasteiger partial charge on any atom is -0.0651 e. The van der Waals surface area contributed by atoms with Crippen molar-refractivity contribution in [2.24, 2.45) is 5.41 Å². The molecule has 0 fully saturated rings. The van der Waals surface area contributed by atoms with Crippen molar-refractivity contribution in [1.29, 1.82) is 0 Å². The molecule has 2 radical (unpaired) electrons. The zero-order valence-electron chi connectivity index (χ0n) is 6.20. The first-order chi connectivity index (χ1) is 3.62. The lowest BCUT2D eigenvalue weighted by Gasteiger charge is -2.20. The predicted octanol–water partition coefficient (Wildman–Crippen LogP) is 2.85. The largest absolute Gasteiger partial charge is 0.0651 e. The maximum Gasteiger partial charge on any atom is -0.0323 e. The van der Waals surface area contributed by atoms with Gasteiger partial charge in [-0.15, -0.1) is 0 Å². The molecule has 0 aliphatic rings. The minimum atomic E-state index is 0.356. The molecular weight excluding hydrogens is 96.1 g/mol. The Kier molecular flexibility index (Phi) is 3.11. The Bertz CT molecular complexity index is 53.1. The molecule has 0 saturated heterocycles. The highest BCUT2D eigenvalue weighted by atomic mass is 14.2. The third-order valence-electron chi connectivity index (χ3n) is 1.40. The summed E-state index contributed by atoms with van der Waals surface area (Å²) in [5, 5.41) is 0. The predicted molar refractivity (Wildman–Crippen MR) is 38.3 cm³/mol. The first kappa shape index (κ1) is 8.00. The second kappa shape index (κ2) is 3.11. The quantitative estimate of drug-likeness (QED) is 0.526. The summed E-state index contributed by atoms with van der Waals surface area (Å²) in [4.78, 5) is 0. The summed E-state index contributed by atoms with van der Waals surface area (Å²) in [6.45, 7) is 10.4. The van der Waals surface area contributed by atoms with Crippen LogP contribution in [0.2, 0.25) is 0 Å². The third kappa shape index (κ3) is 3.06. The SMILES string of the molecule is [CH2]CC(C)(C)[CH]CC. The van der Waals surface area contributed by atoms with Crippen LogP contribution in [0.4, 0.5) is 0 Å². The zero-order chi connectivity index (χ0) is 6.62. The summed E-state index contributed by atoms with van der Waals surface area (Å²) < 4.78 is 0. The summed E-state index contributed by atoms with van der Waals surface area (Å²) in [6.07, 6.45) is 4.46. The van der Waals surface area contributed by atoms with Crippen molar-refractivity contribution in [2.45, 2.75) is 33.6 Å². The van der Waals surface area contributed by atoms with Gasteiger partial charge in [-0.3, -0.25) is 0 Å². The maximum atomic E-state index is 3.84. The van der Waals surface area contributed by atoms with Gasteiger partial charge in [0.15, 0.2) is 0 Å². The fraction of sp³-hybridized carbons (Fsp3) is 0.750. The van der Waals surface area contributed by atoms with Crippen LogP contribution in [0.15, 0.2) is 0 Å². The molecule has 0 aromatic heterocycles. The molecule has 0 aromatic carbocycles. The molecule has 0 rings (SSSR count). The smallest absolute Gasteiger partial charge is 0.0323 e. The van der Waals surface area contributed by atoms with E-state index < -0.39 is 0 Å². The molecule has 0 nitrogen and oxygen atoms in total. The molecule has 0 saturated carbocycles. The van der Waals surface area contributed by atoms with E-state index in [9.17, 15) is 0 Å². The number of rotatable bonds is 3. The van der Waals surface area contributed by atoms with E-state index in [4.69, 9.17) is 0 Å². The van der Waals surface area contributed by atoms with Crippen LogP contribution in [-0.4, -0.2) is 0 Å². The molecule has 0 heteroatoms. The van der Waals surface area contributed by atoms with Gasteiger partial charge in [0.25, 0.3) is 0 Å². The van der Waals surface area contributed by atoms with Crippen molar-refractivity contribution in [2.75, 3.05) is 0 Å². The standard InChI is InChI=1S/C8H16/c1-5-7-8(3,4)6-2/h7H,2,5-6H2,1,3-4H3. The Morgan fingerprint density at radius 3 is 2.12 bits per heavy atom. The van der Waals surface area contributed by atoms with Crippen LogP contribution in [0.25, 0.3) is 0 Å². The molecule has 0 spiro atoms. The van der Waals surface area contributed by atoms with Crippen LogP contribution in [0.3, 0.4) is 0 Å². The fourth-order valence-corrected chi connectivity index (χ4v) is 0.655. The summed E-state index contributed by atoms with van der Waals surface area (Å²) in [5.41, 5.74) is 0.356. The number of hydrogen-bond acceptors (Lipinski definition) is 0. The van der Waals surface area contributed by atoms with Crippen molar-refractivity contribution in [3.8, 4) is 0 Å². The molecule has 0 heterocycles. The Balaban J connectivity index is 3.37. The first-order valence-corrected chi connectivity index (χ1v) is 3.26. The molecule has 0 unspecified atom stereocenters. The average molecular weight is 112 g/mol. The van der Waals surface area contributed by atoms with Gasteiger partial charge >= 0.3 is 0 Å². The highest BCUT2D eigenvalue weighted by molar-refractivity contribution is 4.83. The molecule has 0 aliphatic heterocycles. The summed E-state index contributed by atoms with van der Waals surface area (Å²) in [6, 6.07) is 0. The molecule has 0 aliphatic carbocycles. The second-order valence-corrected chi connectivity index (χ2v) is 2.85. The molecule has 0 aromatic rings. The van der Waals surface area contributed by atoms with E-state index >= 15 is 0 Å². The summed E-state index contributed by atoms with van der Waals surface area (Å²) >= 11 is 0. The van der Waals surface area contributed by atoms with Gasteiger partial charge in [0.1, 0.15) is 0 Å². The van der Waals surface area contributed by atoms with Crippen molar-refractivity contribution in [3.05, 3.63) is 13.3 Å². The number of hydrogen-bond donors (Lipinski definition) is 0.